The van der Waals surface area contributed by atoms with Crippen molar-refractivity contribution in [2.24, 2.45) is 0 Å². The summed E-state index contributed by atoms with van der Waals surface area (Å²) in [7, 11) is 0. The minimum atomic E-state index is 0.138. The third-order valence-corrected chi connectivity index (χ3v) is 4.02. The van der Waals surface area contributed by atoms with Gasteiger partial charge in [-0.25, -0.2) is 0 Å². The van der Waals surface area contributed by atoms with E-state index in [1.54, 1.807) is 12.1 Å². The molecule has 6 heteroatoms. The van der Waals surface area contributed by atoms with Crippen molar-refractivity contribution in [2.45, 2.75) is 32.7 Å². The molecule has 0 bridgehead atoms. The summed E-state index contributed by atoms with van der Waals surface area (Å²) in [4.78, 5) is 4.44. The lowest BCUT2D eigenvalue weighted by Crippen LogP contribution is -2.30. The van der Waals surface area contributed by atoms with Crippen molar-refractivity contribution in [1.29, 1.82) is 0 Å². The van der Waals surface area contributed by atoms with E-state index in [2.05, 4.69) is 36.2 Å². The first-order chi connectivity index (χ1) is 9.52. The number of rotatable bonds is 5. The summed E-state index contributed by atoms with van der Waals surface area (Å²) < 4.78 is 5.34. The van der Waals surface area contributed by atoms with E-state index in [1.165, 1.54) is 0 Å². The molecule has 2 rings (SSSR count). The van der Waals surface area contributed by atoms with Crippen LogP contribution < -0.4 is 5.32 Å². The first kappa shape index (κ1) is 15.3. The summed E-state index contributed by atoms with van der Waals surface area (Å²) in [5.41, 5.74) is 0.790. The molecule has 1 N–H and O–H groups in total. The van der Waals surface area contributed by atoms with Gasteiger partial charge in [-0.05, 0) is 31.7 Å². The Morgan fingerprint density at radius 3 is 2.65 bits per heavy atom. The molecule has 1 aromatic heterocycles. The van der Waals surface area contributed by atoms with Crippen LogP contribution in [0, 0.1) is 0 Å². The highest BCUT2D eigenvalue weighted by atomic mass is 35.5. The van der Waals surface area contributed by atoms with Gasteiger partial charge in [-0.1, -0.05) is 42.2 Å². The van der Waals surface area contributed by atoms with Gasteiger partial charge in [-0.3, -0.25) is 0 Å². The molecule has 0 fully saturated rings. The van der Waals surface area contributed by atoms with Crippen LogP contribution in [0.3, 0.4) is 0 Å². The van der Waals surface area contributed by atoms with Crippen molar-refractivity contribution in [2.75, 3.05) is 6.54 Å². The Balaban J connectivity index is 2.22. The highest BCUT2D eigenvalue weighted by molar-refractivity contribution is 6.42. The van der Waals surface area contributed by atoms with Crippen molar-refractivity contribution < 1.29 is 4.52 Å². The number of benzene rings is 1. The maximum absolute atomic E-state index is 6.00. The number of hydrogen-bond donors (Lipinski definition) is 1. The Labute approximate surface area is 128 Å². The molecule has 1 heterocycles. The van der Waals surface area contributed by atoms with E-state index in [9.17, 15) is 0 Å². The molecule has 4 nitrogen and oxygen atoms in total. The van der Waals surface area contributed by atoms with E-state index in [0.717, 1.165) is 12.1 Å². The lowest BCUT2D eigenvalue weighted by molar-refractivity contribution is 0.332. The predicted octanol–water partition coefficient (Wildman–Crippen LogP) is 4.14. The Hall–Kier alpha value is -1.10. The van der Waals surface area contributed by atoms with Gasteiger partial charge in [0.15, 0.2) is 0 Å². The van der Waals surface area contributed by atoms with E-state index in [1.807, 2.05) is 6.07 Å². The van der Waals surface area contributed by atoms with E-state index >= 15 is 0 Å². The molecular formula is C14H17Cl2N3O. The van der Waals surface area contributed by atoms with E-state index in [4.69, 9.17) is 27.7 Å². The third-order valence-electron chi connectivity index (χ3n) is 3.29. The van der Waals surface area contributed by atoms with Crippen LogP contribution in [0.15, 0.2) is 22.7 Å². The van der Waals surface area contributed by atoms with Crippen LogP contribution in [0.5, 0.6) is 0 Å². The second-order valence-corrected chi connectivity index (χ2v) is 5.53. The van der Waals surface area contributed by atoms with Crippen molar-refractivity contribution in [3.05, 3.63) is 34.1 Å². The molecule has 0 spiro atoms. The van der Waals surface area contributed by atoms with E-state index in [-0.39, 0.29) is 12.0 Å². The zero-order valence-corrected chi connectivity index (χ0v) is 13.2. The summed E-state index contributed by atoms with van der Waals surface area (Å²) in [5, 5.41) is 8.33. The monoisotopic (exact) mass is 313 g/mol. The number of aromatic nitrogens is 2. The van der Waals surface area contributed by atoms with Crippen LogP contribution in [-0.2, 0) is 0 Å². The zero-order chi connectivity index (χ0) is 14.7. The molecule has 2 aromatic rings. The first-order valence-corrected chi connectivity index (χ1v) is 7.31. The van der Waals surface area contributed by atoms with Crippen LogP contribution in [0.25, 0.3) is 11.4 Å². The zero-order valence-electron chi connectivity index (χ0n) is 11.7. The molecular weight excluding hydrogens is 297 g/mol. The van der Waals surface area contributed by atoms with Crippen LogP contribution in [0.2, 0.25) is 10.0 Å². The Kier molecular flexibility index (Phi) is 5.02. The predicted molar refractivity (Wildman–Crippen MR) is 81.3 cm³/mol. The Bertz CT molecular complexity index is 586. The number of nitrogens with zero attached hydrogens (tertiary/aromatic N) is 2. The molecule has 0 aliphatic carbocycles. The molecule has 0 aliphatic heterocycles. The average Bonchev–Trinajstić information content (AvgIpc) is 2.91. The van der Waals surface area contributed by atoms with E-state index < -0.39 is 0 Å². The quantitative estimate of drug-likeness (QED) is 0.901. The smallest absolute Gasteiger partial charge is 0.231 e. The molecule has 1 aromatic carbocycles. The third kappa shape index (κ3) is 3.32. The van der Waals surface area contributed by atoms with Crippen LogP contribution in [0.1, 0.15) is 32.6 Å². The molecule has 0 aliphatic rings. The maximum atomic E-state index is 6.00. The van der Waals surface area contributed by atoms with Crippen molar-refractivity contribution >= 4 is 23.2 Å². The van der Waals surface area contributed by atoms with Crippen LogP contribution in [-0.4, -0.2) is 22.7 Å². The summed E-state index contributed by atoms with van der Waals surface area (Å²) >= 11 is 11.9. The highest BCUT2D eigenvalue weighted by Gasteiger charge is 2.20. The largest absolute Gasteiger partial charge is 0.339 e. The van der Waals surface area contributed by atoms with Gasteiger partial charge in [-0.15, -0.1) is 0 Å². The molecule has 0 radical (unpaired) electrons. The van der Waals surface area contributed by atoms with Crippen LogP contribution >= 0.6 is 23.2 Å². The second-order valence-electron chi connectivity index (χ2n) is 4.72. The van der Waals surface area contributed by atoms with Gasteiger partial charge in [0.05, 0.1) is 16.0 Å². The maximum Gasteiger partial charge on any atom is 0.231 e. The first-order valence-electron chi connectivity index (χ1n) is 6.55. The molecule has 2 atom stereocenters. The van der Waals surface area contributed by atoms with Gasteiger partial charge in [0, 0.05) is 11.6 Å². The fourth-order valence-electron chi connectivity index (χ4n) is 1.89. The molecule has 0 saturated heterocycles. The second kappa shape index (κ2) is 6.57. The summed E-state index contributed by atoms with van der Waals surface area (Å²) in [6.07, 6.45) is 0. The molecule has 0 amide bonds. The Morgan fingerprint density at radius 2 is 2.00 bits per heavy atom. The summed E-state index contributed by atoms with van der Waals surface area (Å²) in [6.45, 7) is 7.12. The minimum absolute atomic E-state index is 0.138. The standard InChI is InChI=1S/C14H17Cl2N3O/c1-4-17-9(3)8(2)14-18-13(19-20-14)10-5-6-11(15)12(16)7-10/h5-9,17H,4H2,1-3H3. The molecule has 108 valence electrons. The van der Waals surface area contributed by atoms with Crippen molar-refractivity contribution in [3.63, 3.8) is 0 Å². The number of hydrogen-bond acceptors (Lipinski definition) is 4. The minimum Gasteiger partial charge on any atom is -0.339 e. The van der Waals surface area contributed by atoms with E-state index in [0.29, 0.717) is 21.8 Å². The highest BCUT2D eigenvalue weighted by Crippen LogP contribution is 2.28. The van der Waals surface area contributed by atoms with Gasteiger partial charge in [-0.2, -0.15) is 4.98 Å². The fourth-order valence-corrected chi connectivity index (χ4v) is 2.18. The molecule has 0 saturated carbocycles. The van der Waals surface area contributed by atoms with Gasteiger partial charge < -0.3 is 9.84 Å². The molecule has 2 unspecified atom stereocenters. The lowest BCUT2D eigenvalue weighted by atomic mass is 10.0. The van der Waals surface area contributed by atoms with Gasteiger partial charge in [0.1, 0.15) is 0 Å². The van der Waals surface area contributed by atoms with Gasteiger partial charge >= 0.3 is 0 Å². The average molecular weight is 314 g/mol. The summed E-state index contributed by atoms with van der Waals surface area (Å²) in [5.74, 6) is 1.27. The number of halogens is 2. The van der Waals surface area contributed by atoms with Gasteiger partial charge in [0.2, 0.25) is 11.7 Å². The topological polar surface area (TPSA) is 51.0 Å². The Morgan fingerprint density at radius 1 is 1.25 bits per heavy atom. The number of nitrogens with one attached hydrogen (secondary N) is 1. The van der Waals surface area contributed by atoms with Crippen molar-refractivity contribution in [1.82, 2.24) is 15.5 Å². The SMILES string of the molecule is CCNC(C)C(C)c1nc(-c2ccc(Cl)c(Cl)c2)no1. The van der Waals surface area contributed by atoms with Gasteiger partial charge in [0.25, 0.3) is 0 Å². The summed E-state index contributed by atoms with van der Waals surface area (Å²) in [6, 6.07) is 5.54. The normalized spacial score (nSPS) is 14.2. The van der Waals surface area contributed by atoms with Crippen molar-refractivity contribution in [3.8, 4) is 11.4 Å². The number of likely N-dealkylation sites (N-methyl/N-ethyl adjacent to an activating group) is 1. The molecule has 20 heavy (non-hydrogen) atoms. The van der Waals surface area contributed by atoms with Crippen LogP contribution in [0.4, 0.5) is 0 Å². The fraction of sp³-hybridized carbons (Fsp3) is 0.429. The lowest BCUT2D eigenvalue weighted by Gasteiger charge is -2.16.